The fourth-order valence-corrected chi connectivity index (χ4v) is 0.840. The highest BCUT2D eigenvalue weighted by atomic mass is 32.2. The van der Waals surface area contributed by atoms with Gasteiger partial charge in [0.05, 0.1) is 0 Å². The molecule has 0 unspecified atom stereocenters. The summed E-state index contributed by atoms with van der Waals surface area (Å²) < 4.78 is 0. The van der Waals surface area contributed by atoms with E-state index in [1.165, 1.54) is 11.9 Å². The van der Waals surface area contributed by atoms with Crippen molar-refractivity contribution in [3.8, 4) is 0 Å². The summed E-state index contributed by atoms with van der Waals surface area (Å²) in [6.45, 7) is 6.00. The van der Waals surface area contributed by atoms with Crippen LogP contribution in [0.15, 0.2) is 42.3 Å². The lowest BCUT2D eigenvalue weighted by atomic mass is 10.3. The maximum atomic E-state index is 5.43. The van der Waals surface area contributed by atoms with Gasteiger partial charge in [-0.15, -0.1) is 13.2 Å². The van der Waals surface area contributed by atoms with Crippen LogP contribution in [-0.2, 0) is 0 Å². The zero-order valence-electron chi connectivity index (χ0n) is 6.29. The molecule has 0 aliphatic rings. The molecule has 0 amide bonds. The zero-order valence-corrected chi connectivity index (χ0v) is 7.10. The predicted molar refractivity (Wildman–Crippen MR) is 52.2 cm³/mol. The molecule has 0 heterocycles. The normalized spacial score (nSPS) is 8.09. The highest BCUT2D eigenvalue weighted by molar-refractivity contribution is 7.97. The Hall–Kier alpha value is -0.930. The first-order chi connectivity index (χ1) is 5.33. The highest BCUT2D eigenvalue weighted by Gasteiger charge is 1.86. The standard InChI is InChI=1S/C6H8N2S.C2H4/c7-5-1-3-6(9-8)4-2-5;1-2/h1-4H,7-8H2;1-2H2. The van der Waals surface area contributed by atoms with E-state index in [1.807, 2.05) is 24.3 Å². The van der Waals surface area contributed by atoms with Gasteiger partial charge in [0.2, 0.25) is 0 Å². The van der Waals surface area contributed by atoms with Gasteiger partial charge in [0.1, 0.15) is 0 Å². The van der Waals surface area contributed by atoms with Gasteiger partial charge in [-0.05, 0) is 36.2 Å². The summed E-state index contributed by atoms with van der Waals surface area (Å²) in [5.41, 5.74) is 6.20. The zero-order chi connectivity index (χ0) is 8.69. The van der Waals surface area contributed by atoms with E-state index in [4.69, 9.17) is 10.9 Å². The van der Waals surface area contributed by atoms with Crippen LogP contribution in [0.3, 0.4) is 0 Å². The topological polar surface area (TPSA) is 52.0 Å². The number of rotatable bonds is 1. The van der Waals surface area contributed by atoms with E-state index in [0.717, 1.165) is 10.6 Å². The van der Waals surface area contributed by atoms with Crippen molar-refractivity contribution in [2.24, 2.45) is 5.14 Å². The van der Waals surface area contributed by atoms with Gasteiger partial charge >= 0.3 is 0 Å². The SMILES string of the molecule is C=C.NSc1ccc(N)cc1. The van der Waals surface area contributed by atoms with Crippen molar-refractivity contribution in [1.82, 2.24) is 0 Å². The molecule has 0 atom stereocenters. The van der Waals surface area contributed by atoms with E-state index in [9.17, 15) is 0 Å². The lowest BCUT2D eigenvalue weighted by Crippen LogP contribution is -1.83. The van der Waals surface area contributed by atoms with Crippen LogP contribution >= 0.6 is 11.9 Å². The monoisotopic (exact) mass is 168 g/mol. The summed E-state index contributed by atoms with van der Waals surface area (Å²) in [5, 5.41) is 5.28. The van der Waals surface area contributed by atoms with Crippen LogP contribution in [0, 0.1) is 0 Å². The minimum Gasteiger partial charge on any atom is -0.399 e. The van der Waals surface area contributed by atoms with Crippen LogP contribution < -0.4 is 10.9 Å². The molecular formula is C8H12N2S. The molecule has 11 heavy (non-hydrogen) atoms. The Kier molecular flexibility index (Phi) is 5.33. The smallest absolute Gasteiger partial charge is 0.0314 e. The molecule has 0 saturated heterocycles. The molecule has 1 rings (SSSR count). The molecule has 0 spiro atoms. The summed E-state index contributed by atoms with van der Waals surface area (Å²) in [6, 6.07) is 7.43. The molecule has 1 aromatic rings. The maximum Gasteiger partial charge on any atom is 0.0314 e. The molecule has 0 saturated carbocycles. The highest BCUT2D eigenvalue weighted by Crippen LogP contribution is 2.12. The van der Waals surface area contributed by atoms with Gasteiger partial charge in [-0.1, -0.05) is 0 Å². The number of nitrogen functional groups attached to an aromatic ring is 1. The lowest BCUT2D eigenvalue weighted by molar-refractivity contribution is 1.46. The average molecular weight is 168 g/mol. The van der Waals surface area contributed by atoms with Gasteiger partial charge in [0.25, 0.3) is 0 Å². The third-order valence-corrected chi connectivity index (χ3v) is 1.56. The third kappa shape index (κ3) is 3.70. The average Bonchev–Trinajstić information content (AvgIpc) is 2.10. The molecular weight excluding hydrogens is 156 g/mol. The molecule has 3 heteroatoms. The Labute approximate surface area is 71.4 Å². The number of hydrogen-bond acceptors (Lipinski definition) is 3. The van der Waals surface area contributed by atoms with Crippen molar-refractivity contribution < 1.29 is 0 Å². The van der Waals surface area contributed by atoms with Gasteiger partial charge < -0.3 is 5.73 Å². The van der Waals surface area contributed by atoms with Crippen molar-refractivity contribution in [3.05, 3.63) is 37.4 Å². The fraction of sp³-hybridized carbons (Fsp3) is 0. The van der Waals surface area contributed by atoms with Gasteiger partial charge in [-0.3, -0.25) is 5.14 Å². The van der Waals surface area contributed by atoms with Gasteiger partial charge in [0.15, 0.2) is 0 Å². The van der Waals surface area contributed by atoms with E-state index in [-0.39, 0.29) is 0 Å². The Morgan fingerprint density at radius 3 is 1.91 bits per heavy atom. The fourth-order valence-electron chi connectivity index (χ4n) is 0.546. The minimum atomic E-state index is 0.771. The second kappa shape index (κ2) is 5.82. The number of anilines is 1. The van der Waals surface area contributed by atoms with Crippen molar-refractivity contribution in [3.63, 3.8) is 0 Å². The molecule has 0 aromatic heterocycles. The quantitative estimate of drug-likeness (QED) is 0.383. The largest absolute Gasteiger partial charge is 0.399 e. The second-order valence-electron chi connectivity index (χ2n) is 1.69. The molecule has 0 radical (unpaired) electrons. The predicted octanol–water partition coefficient (Wildman–Crippen LogP) is 2.04. The number of nitrogens with two attached hydrogens (primary N) is 2. The second-order valence-corrected chi connectivity index (χ2v) is 2.39. The Morgan fingerprint density at radius 1 is 1.09 bits per heavy atom. The summed E-state index contributed by atoms with van der Waals surface area (Å²) in [4.78, 5) is 1.03. The van der Waals surface area contributed by atoms with Crippen LogP contribution in [0.5, 0.6) is 0 Å². The van der Waals surface area contributed by atoms with Crippen LogP contribution in [0.1, 0.15) is 0 Å². The first-order valence-electron chi connectivity index (χ1n) is 3.05. The molecule has 0 aliphatic heterocycles. The molecule has 0 bridgehead atoms. The van der Waals surface area contributed by atoms with Gasteiger partial charge in [-0.2, -0.15) is 0 Å². The summed E-state index contributed by atoms with van der Waals surface area (Å²) in [5.74, 6) is 0. The maximum absolute atomic E-state index is 5.43. The molecule has 2 nitrogen and oxygen atoms in total. The van der Waals surface area contributed by atoms with Crippen molar-refractivity contribution in [2.45, 2.75) is 4.90 Å². The Balaban J connectivity index is 0.000000461. The number of hydrogen-bond donors (Lipinski definition) is 2. The van der Waals surface area contributed by atoms with Gasteiger partial charge in [-0.25, -0.2) is 0 Å². The van der Waals surface area contributed by atoms with E-state index in [1.54, 1.807) is 0 Å². The first kappa shape index (κ1) is 10.1. The molecule has 0 fully saturated rings. The van der Waals surface area contributed by atoms with Crippen molar-refractivity contribution >= 4 is 17.6 Å². The molecule has 0 aliphatic carbocycles. The summed E-state index contributed by atoms with van der Waals surface area (Å²) >= 11 is 1.22. The summed E-state index contributed by atoms with van der Waals surface area (Å²) in [7, 11) is 0. The summed E-state index contributed by atoms with van der Waals surface area (Å²) in [6.07, 6.45) is 0. The third-order valence-electron chi connectivity index (χ3n) is 1.02. The van der Waals surface area contributed by atoms with E-state index in [0.29, 0.717) is 0 Å². The van der Waals surface area contributed by atoms with Crippen LogP contribution in [0.4, 0.5) is 5.69 Å². The Morgan fingerprint density at radius 2 is 1.55 bits per heavy atom. The molecule has 4 N–H and O–H groups in total. The van der Waals surface area contributed by atoms with Crippen LogP contribution in [0.2, 0.25) is 0 Å². The van der Waals surface area contributed by atoms with E-state index in [2.05, 4.69) is 13.2 Å². The molecule has 1 aromatic carbocycles. The van der Waals surface area contributed by atoms with Crippen LogP contribution in [-0.4, -0.2) is 0 Å². The lowest BCUT2D eigenvalue weighted by Gasteiger charge is -1.93. The van der Waals surface area contributed by atoms with Crippen molar-refractivity contribution in [2.75, 3.05) is 5.73 Å². The first-order valence-corrected chi connectivity index (χ1v) is 3.93. The van der Waals surface area contributed by atoms with Gasteiger partial charge in [0, 0.05) is 10.6 Å². The van der Waals surface area contributed by atoms with Crippen molar-refractivity contribution in [1.29, 1.82) is 0 Å². The number of benzene rings is 1. The minimum absolute atomic E-state index is 0.771. The molecule has 60 valence electrons. The van der Waals surface area contributed by atoms with Crippen LogP contribution in [0.25, 0.3) is 0 Å². The van der Waals surface area contributed by atoms with E-state index >= 15 is 0 Å². The Bertz CT molecular complexity index is 196. The van der Waals surface area contributed by atoms with E-state index < -0.39 is 0 Å².